The minimum Gasteiger partial charge on any atom is -0.362 e. The predicted octanol–water partition coefficient (Wildman–Crippen LogP) is 3.48. The number of piperazine rings is 1. The van der Waals surface area contributed by atoms with Crippen molar-refractivity contribution in [2.24, 2.45) is 5.41 Å². The standard InChI is InChI=1S/C15H16Cl3N3O3/c1-14(9-15(14,17)18)13(22)20-6-4-19(5-7-20)11-3-2-10(16)8-12(11)21(23)24/h2-3,8H,4-7,9H2,1H3. The molecule has 2 fully saturated rings. The molecule has 9 heteroatoms. The molecule has 0 bridgehead atoms. The molecule has 1 atom stereocenters. The molecule has 1 amide bonds. The summed E-state index contributed by atoms with van der Waals surface area (Å²) in [6, 6.07) is 4.61. The number of hydrogen-bond donors (Lipinski definition) is 0. The summed E-state index contributed by atoms with van der Waals surface area (Å²) in [5.41, 5.74) is -0.250. The van der Waals surface area contributed by atoms with Crippen LogP contribution in [0.3, 0.4) is 0 Å². The van der Waals surface area contributed by atoms with E-state index in [1.165, 1.54) is 6.07 Å². The average molecular weight is 393 g/mol. The molecule has 0 radical (unpaired) electrons. The summed E-state index contributed by atoms with van der Waals surface area (Å²) >= 11 is 18.0. The molecule has 0 N–H and O–H groups in total. The van der Waals surface area contributed by atoms with Gasteiger partial charge in [0.05, 0.1) is 10.3 Å². The Kier molecular flexibility index (Phi) is 4.35. The minimum atomic E-state index is -0.990. The molecule has 1 heterocycles. The Labute approximate surface area is 154 Å². The van der Waals surface area contributed by atoms with Crippen LogP contribution in [0.1, 0.15) is 13.3 Å². The molecule has 1 aliphatic heterocycles. The van der Waals surface area contributed by atoms with Crippen molar-refractivity contribution in [3.63, 3.8) is 0 Å². The van der Waals surface area contributed by atoms with Crippen molar-refractivity contribution < 1.29 is 9.72 Å². The maximum atomic E-state index is 12.6. The summed E-state index contributed by atoms with van der Waals surface area (Å²) in [5.74, 6) is -0.0576. The molecule has 3 rings (SSSR count). The van der Waals surface area contributed by atoms with Gasteiger partial charge in [-0.05, 0) is 25.5 Å². The van der Waals surface area contributed by atoms with E-state index in [2.05, 4.69) is 0 Å². The quantitative estimate of drug-likeness (QED) is 0.449. The number of carbonyl (C=O) groups excluding carboxylic acids is 1. The van der Waals surface area contributed by atoms with Crippen LogP contribution in [0, 0.1) is 15.5 Å². The second-order valence-corrected chi connectivity index (χ2v) is 8.30. The first-order chi connectivity index (χ1) is 11.2. The van der Waals surface area contributed by atoms with Gasteiger partial charge < -0.3 is 9.80 Å². The fourth-order valence-electron chi connectivity index (χ4n) is 3.04. The zero-order chi connectivity index (χ0) is 17.7. The van der Waals surface area contributed by atoms with Crippen LogP contribution in [0.15, 0.2) is 18.2 Å². The number of alkyl halides is 2. The van der Waals surface area contributed by atoms with Crippen molar-refractivity contribution in [1.82, 2.24) is 4.90 Å². The Hall–Kier alpha value is -1.24. The van der Waals surface area contributed by atoms with E-state index in [0.717, 1.165) is 0 Å². The van der Waals surface area contributed by atoms with Crippen LogP contribution in [-0.2, 0) is 4.79 Å². The number of nitro groups is 1. The van der Waals surface area contributed by atoms with Gasteiger partial charge >= 0.3 is 0 Å². The van der Waals surface area contributed by atoms with Crippen molar-refractivity contribution in [1.29, 1.82) is 0 Å². The molecular formula is C15H16Cl3N3O3. The summed E-state index contributed by atoms with van der Waals surface area (Å²) in [7, 11) is 0. The number of benzene rings is 1. The second-order valence-electron chi connectivity index (χ2n) is 6.38. The lowest BCUT2D eigenvalue weighted by Crippen LogP contribution is -2.51. The van der Waals surface area contributed by atoms with E-state index >= 15 is 0 Å². The van der Waals surface area contributed by atoms with Gasteiger partial charge in [0.25, 0.3) is 5.69 Å². The molecule has 1 saturated carbocycles. The van der Waals surface area contributed by atoms with Crippen LogP contribution in [0.4, 0.5) is 11.4 Å². The molecule has 6 nitrogen and oxygen atoms in total. The highest BCUT2D eigenvalue weighted by atomic mass is 35.5. The van der Waals surface area contributed by atoms with Gasteiger partial charge in [0.1, 0.15) is 10.0 Å². The molecule has 0 spiro atoms. The molecule has 1 unspecified atom stereocenters. The monoisotopic (exact) mass is 391 g/mol. The van der Waals surface area contributed by atoms with E-state index in [0.29, 0.717) is 43.3 Å². The normalized spacial score (nSPS) is 25.5. The Bertz CT molecular complexity index is 704. The van der Waals surface area contributed by atoms with Crippen LogP contribution in [0.5, 0.6) is 0 Å². The smallest absolute Gasteiger partial charge is 0.294 e. The highest BCUT2D eigenvalue weighted by Gasteiger charge is 2.68. The zero-order valence-corrected chi connectivity index (χ0v) is 15.2. The van der Waals surface area contributed by atoms with E-state index in [1.54, 1.807) is 24.0 Å². The number of hydrogen-bond acceptors (Lipinski definition) is 4. The lowest BCUT2D eigenvalue weighted by molar-refractivity contribution is -0.384. The van der Waals surface area contributed by atoms with E-state index in [4.69, 9.17) is 34.8 Å². The van der Waals surface area contributed by atoms with Crippen molar-refractivity contribution in [3.05, 3.63) is 33.3 Å². The van der Waals surface area contributed by atoms with Crippen LogP contribution >= 0.6 is 34.8 Å². The number of rotatable bonds is 3. The van der Waals surface area contributed by atoms with E-state index in [1.807, 2.05) is 4.90 Å². The summed E-state index contributed by atoms with van der Waals surface area (Å²) in [6.07, 6.45) is 0.449. The molecule has 2 aliphatic rings. The van der Waals surface area contributed by atoms with Crippen LogP contribution in [0.25, 0.3) is 0 Å². The number of anilines is 1. The fourth-order valence-corrected chi connectivity index (χ4v) is 3.90. The summed E-state index contributed by atoms with van der Waals surface area (Å²) in [4.78, 5) is 27.0. The number of carbonyl (C=O) groups is 1. The maximum absolute atomic E-state index is 12.6. The van der Waals surface area contributed by atoms with Crippen molar-refractivity contribution in [2.45, 2.75) is 17.7 Å². The van der Waals surface area contributed by atoms with E-state index in [-0.39, 0.29) is 11.6 Å². The van der Waals surface area contributed by atoms with E-state index in [9.17, 15) is 14.9 Å². The third-order valence-electron chi connectivity index (χ3n) is 4.77. The molecule has 130 valence electrons. The average Bonchev–Trinajstić information content (AvgIpc) is 3.06. The van der Waals surface area contributed by atoms with Gasteiger partial charge in [0, 0.05) is 37.3 Å². The minimum absolute atomic E-state index is 0.0306. The fraction of sp³-hybridized carbons (Fsp3) is 0.533. The van der Waals surface area contributed by atoms with Crippen molar-refractivity contribution in [2.75, 3.05) is 31.1 Å². The summed E-state index contributed by atoms with van der Waals surface area (Å²) < 4.78 is -0.990. The van der Waals surface area contributed by atoms with Gasteiger partial charge in [-0.3, -0.25) is 14.9 Å². The lowest BCUT2D eigenvalue weighted by Gasteiger charge is -2.37. The van der Waals surface area contributed by atoms with Crippen LogP contribution in [-0.4, -0.2) is 46.2 Å². The molecule has 1 aliphatic carbocycles. The third-order valence-corrected chi connectivity index (χ3v) is 6.11. The number of nitro benzene ring substituents is 1. The van der Waals surface area contributed by atoms with Gasteiger partial charge in [0.2, 0.25) is 5.91 Å². The Morgan fingerprint density at radius 2 is 1.83 bits per heavy atom. The Morgan fingerprint density at radius 1 is 1.25 bits per heavy atom. The first-order valence-corrected chi connectivity index (χ1v) is 8.65. The molecule has 24 heavy (non-hydrogen) atoms. The highest BCUT2D eigenvalue weighted by Crippen LogP contribution is 2.64. The number of amides is 1. The SMILES string of the molecule is CC1(C(=O)N2CCN(c3ccc(Cl)cc3[N+](=O)[O-])CC2)CC1(Cl)Cl. The summed E-state index contributed by atoms with van der Waals surface area (Å²) in [5, 5.41) is 11.5. The molecule has 1 saturated heterocycles. The van der Waals surface area contributed by atoms with Gasteiger partial charge in [-0.25, -0.2) is 0 Å². The topological polar surface area (TPSA) is 66.7 Å². The van der Waals surface area contributed by atoms with Gasteiger partial charge in [-0.15, -0.1) is 23.2 Å². The first-order valence-electron chi connectivity index (χ1n) is 7.52. The highest BCUT2D eigenvalue weighted by molar-refractivity contribution is 6.53. The summed E-state index contributed by atoms with van der Waals surface area (Å²) in [6.45, 7) is 3.71. The molecule has 0 aromatic heterocycles. The lowest BCUT2D eigenvalue weighted by atomic mass is 10.1. The van der Waals surface area contributed by atoms with E-state index < -0.39 is 14.7 Å². The van der Waals surface area contributed by atoms with Crippen molar-refractivity contribution in [3.8, 4) is 0 Å². The Morgan fingerprint density at radius 3 is 2.33 bits per heavy atom. The van der Waals surface area contributed by atoms with Crippen LogP contribution in [0.2, 0.25) is 5.02 Å². The molecule has 1 aromatic carbocycles. The zero-order valence-electron chi connectivity index (χ0n) is 13.0. The maximum Gasteiger partial charge on any atom is 0.294 e. The van der Waals surface area contributed by atoms with Crippen molar-refractivity contribution >= 4 is 52.1 Å². The van der Waals surface area contributed by atoms with Crippen LogP contribution < -0.4 is 4.90 Å². The third kappa shape index (κ3) is 2.91. The predicted molar refractivity (Wildman–Crippen MR) is 94.1 cm³/mol. The number of halogens is 3. The molecular weight excluding hydrogens is 377 g/mol. The Balaban J connectivity index is 1.70. The second kappa shape index (κ2) is 5.93. The number of nitrogens with zero attached hydrogens (tertiary/aromatic N) is 3. The van der Waals surface area contributed by atoms with Gasteiger partial charge in [-0.2, -0.15) is 0 Å². The molecule has 1 aromatic rings. The largest absolute Gasteiger partial charge is 0.362 e. The first kappa shape index (κ1) is 17.6. The van der Waals surface area contributed by atoms with Gasteiger partial charge in [-0.1, -0.05) is 11.6 Å². The van der Waals surface area contributed by atoms with Gasteiger partial charge in [0.15, 0.2) is 0 Å².